The molecule has 3 aromatic carbocycles. The number of carbonyl (C=O) groups excluding carboxylic acids is 3. The van der Waals surface area contributed by atoms with E-state index in [1.165, 1.54) is 43.3 Å². The number of nitrogens with zero attached hydrogens (tertiary/aromatic N) is 2. The van der Waals surface area contributed by atoms with Crippen molar-refractivity contribution in [3.8, 4) is 5.75 Å². The van der Waals surface area contributed by atoms with Crippen LogP contribution in [0.4, 0.5) is 0 Å². The number of benzene rings is 3. The number of hydrogen-bond donors (Lipinski definition) is 4. The van der Waals surface area contributed by atoms with Gasteiger partial charge in [-0.25, -0.2) is 15.4 Å². The molecule has 0 bridgehead atoms. The average Bonchev–Trinajstić information content (AvgIpc) is 2.93. The Hall–Kier alpha value is -4.80. The van der Waals surface area contributed by atoms with Crippen LogP contribution in [0.1, 0.15) is 43.7 Å². The molecule has 1 aromatic heterocycles. The SMILES string of the molecule is C[C@H](NN(C(=O)c1ccc2ccccc2n1)C(=O)c1ccc(C(=O)NCc2cccc(O)c2)cc1Cl)C(=O)O. The number of pyridine rings is 1. The molecule has 10 nitrogen and oxygen atoms in total. The number of imide groups is 1. The van der Waals surface area contributed by atoms with Crippen molar-refractivity contribution in [3.63, 3.8) is 0 Å². The number of hydrazine groups is 1. The fraction of sp³-hybridized carbons (Fsp3) is 0.107. The summed E-state index contributed by atoms with van der Waals surface area (Å²) in [5.74, 6) is -3.53. The first-order valence-electron chi connectivity index (χ1n) is 11.7. The van der Waals surface area contributed by atoms with Gasteiger partial charge in [-0.1, -0.05) is 48.0 Å². The number of amides is 3. The monoisotopic (exact) mass is 546 g/mol. The maximum absolute atomic E-state index is 13.4. The lowest BCUT2D eigenvalue weighted by molar-refractivity contribution is -0.139. The number of hydrogen-bond acceptors (Lipinski definition) is 7. The second-order valence-corrected chi connectivity index (χ2v) is 8.98. The molecule has 1 heterocycles. The minimum atomic E-state index is -1.31. The van der Waals surface area contributed by atoms with Gasteiger partial charge in [0.25, 0.3) is 17.7 Å². The summed E-state index contributed by atoms with van der Waals surface area (Å²) in [7, 11) is 0. The first-order valence-corrected chi connectivity index (χ1v) is 12.1. The van der Waals surface area contributed by atoms with Crippen LogP contribution < -0.4 is 10.7 Å². The fourth-order valence-electron chi connectivity index (χ4n) is 3.66. The molecule has 4 N–H and O–H groups in total. The molecule has 0 saturated carbocycles. The molecule has 0 aliphatic heterocycles. The summed E-state index contributed by atoms with van der Waals surface area (Å²) in [4.78, 5) is 55.2. The van der Waals surface area contributed by atoms with E-state index in [4.69, 9.17) is 11.6 Å². The van der Waals surface area contributed by atoms with Crippen molar-refractivity contribution in [2.45, 2.75) is 19.5 Å². The van der Waals surface area contributed by atoms with Crippen molar-refractivity contribution in [1.82, 2.24) is 20.7 Å². The number of carboxylic acid groups (broad SMARTS) is 1. The van der Waals surface area contributed by atoms with E-state index < -0.39 is 29.7 Å². The molecule has 0 spiro atoms. The number of phenolic OH excluding ortho intramolecular Hbond substituents is 1. The normalized spacial score (nSPS) is 11.5. The molecular weight excluding hydrogens is 524 g/mol. The second-order valence-electron chi connectivity index (χ2n) is 8.57. The van der Waals surface area contributed by atoms with E-state index in [0.717, 1.165) is 5.39 Å². The quantitative estimate of drug-likeness (QED) is 0.193. The van der Waals surface area contributed by atoms with Crippen molar-refractivity contribution >= 4 is 46.2 Å². The summed E-state index contributed by atoms with van der Waals surface area (Å²) in [6.45, 7) is 1.41. The molecule has 0 radical (unpaired) electrons. The molecule has 0 unspecified atom stereocenters. The van der Waals surface area contributed by atoms with Crippen LogP contribution in [0.15, 0.2) is 78.9 Å². The summed E-state index contributed by atoms with van der Waals surface area (Å²) >= 11 is 6.35. The third-order valence-corrected chi connectivity index (χ3v) is 6.05. The molecule has 1 atom stereocenters. The van der Waals surface area contributed by atoms with Crippen LogP contribution >= 0.6 is 11.6 Å². The number of halogens is 1. The average molecular weight is 547 g/mol. The standard InChI is InChI=1S/C28H23ClN4O6/c1-16(28(38)39)32-33(27(37)24-12-10-18-6-2-3-8-23(18)31-24)26(36)21-11-9-19(14-22(21)29)25(35)30-15-17-5-4-7-20(34)13-17/h2-14,16,32,34H,15H2,1H3,(H,30,35)(H,38,39)/t16-/m0/s1. The van der Waals surface area contributed by atoms with Gasteiger partial charge in [-0.2, -0.15) is 0 Å². The summed E-state index contributed by atoms with van der Waals surface area (Å²) in [5.41, 5.74) is 3.52. The Kier molecular flexibility index (Phi) is 8.18. The Morgan fingerprint density at radius 1 is 0.949 bits per heavy atom. The summed E-state index contributed by atoms with van der Waals surface area (Å²) < 4.78 is 0. The van der Waals surface area contributed by atoms with Crippen LogP contribution in [0.2, 0.25) is 5.02 Å². The lowest BCUT2D eigenvalue weighted by atomic mass is 10.1. The van der Waals surface area contributed by atoms with E-state index in [1.807, 2.05) is 12.1 Å². The highest BCUT2D eigenvalue weighted by atomic mass is 35.5. The molecular formula is C28H23ClN4O6. The lowest BCUT2D eigenvalue weighted by Crippen LogP contribution is -2.53. The van der Waals surface area contributed by atoms with E-state index in [2.05, 4.69) is 15.7 Å². The topological polar surface area (TPSA) is 149 Å². The van der Waals surface area contributed by atoms with E-state index in [0.29, 0.717) is 16.1 Å². The maximum Gasteiger partial charge on any atom is 0.322 e. The number of carboxylic acids is 1. The van der Waals surface area contributed by atoms with Crippen molar-refractivity contribution in [2.75, 3.05) is 0 Å². The number of rotatable bonds is 8. The summed E-state index contributed by atoms with van der Waals surface area (Å²) in [6.07, 6.45) is 0. The van der Waals surface area contributed by atoms with Gasteiger partial charge >= 0.3 is 5.97 Å². The smallest absolute Gasteiger partial charge is 0.322 e. The van der Waals surface area contributed by atoms with Gasteiger partial charge in [0, 0.05) is 17.5 Å². The van der Waals surface area contributed by atoms with E-state index in [-0.39, 0.29) is 34.1 Å². The number of phenols is 1. The highest BCUT2D eigenvalue weighted by molar-refractivity contribution is 6.34. The van der Waals surface area contributed by atoms with Gasteiger partial charge in [0.05, 0.1) is 16.1 Å². The Morgan fingerprint density at radius 2 is 1.72 bits per heavy atom. The van der Waals surface area contributed by atoms with Crippen LogP contribution in [0, 0.1) is 0 Å². The van der Waals surface area contributed by atoms with Crippen LogP contribution in [-0.4, -0.2) is 49.9 Å². The van der Waals surface area contributed by atoms with E-state index in [1.54, 1.807) is 30.3 Å². The van der Waals surface area contributed by atoms with Crippen LogP contribution in [0.5, 0.6) is 5.75 Å². The molecule has 0 aliphatic rings. The third-order valence-electron chi connectivity index (χ3n) is 5.74. The van der Waals surface area contributed by atoms with Crippen LogP contribution in [0.3, 0.4) is 0 Å². The van der Waals surface area contributed by atoms with Crippen LogP contribution in [0.25, 0.3) is 10.9 Å². The predicted octanol–water partition coefficient (Wildman–Crippen LogP) is 3.78. The van der Waals surface area contributed by atoms with Gasteiger partial charge < -0.3 is 15.5 Å². The molecule has 4 aromatic rings. The molecule has 11 heteroatoms. The molecule has 39 heavy (non-hydrogen) atoms. The molecule has 3 amide bonds. The van der Waals surface area contributed by atoms with E-state index in [9.17, 15) is 29.4 Å². The summed E-state index contributed by atoms with van der Waals surface area (Å²) in [6, 6.07) is 19.2. The van der Waals surface area contributed by atoms with Gasteiger partial charge in [0.15, 0.2) is 0 Å². The van der Waals surface area contributed by atoms with Gasteiger partial charge in [0.1, 0.15) is 17.5 Å². The highest BCUT2D eigenvalue weighted by Crippen LogP contribution is 2.21. The van der Waals surface area contributed by atoms with Gasteiger partial charge in [-0.3, -0.25) is 19.2 Å². The van der Waals surface area contributed by atoms with Crippen molar-refractivity contribution in [2.24, 2.45) is 0 Å². The van der Waals surface area contributed by atoms with Crippen molar-refractivity contribution in [3.05, 3.63) is 106 Å². The Bertz CT molecular complexity index is 1590. The van der Waals surface area contributed by atoms with Gasteiger partial charge in [0.2, 0.25) is 0 Å². The highest BCUT2D eigenvalue weighted by Gasteiger charge is 2.30. The Balaban J connectivity index is 1.58. The van der Waals surface area contributed by atoms with E-state index >= 15 is 0 Å². The molecule has 0 fully saturated rings. The van der Waals surface area contributed by atoms with Gasteiger partial charge in [-0.05, 0) is 55.0 Å². The minimum Gasteiger partial charge on any atom is -0.508 e. The first kappa shape index (κ1) is 27.2. The molecule has 0 aliphatic carbocycles. The minimum absolute atomic E-state index is 0.0662. The fourth-order valence-corrected chi connectivity index (χ4v) is 3.92. The number of nitrogens with one attached hydrogen (secondary N) is 2. The largest absolute Gasteiger partial charge is 0.508 e. The Labute approximate surface area is 227 Å². The zero-order valence-electron chi connectivity index (χ0n) is 20.6. The van der Waals surface area contributed by atoms with Gasteiger partial charge in [-0.15, -0.1) is 0 Å². The second kappa shape index (κ2) is 11.7. The molecule has 198 valence electrons. The number of aromatic hydroxyl groups is 1. The zero-order valence-corrected chi connectivity index (χ0v) is 21.3. The number of carbonyl (C=O) groups is 4. The summed E-state index contributed by atoms with van der Waals surface area (Å²) in [5, 5.41) is 22.8. The molecule has 4 rings (SSSR count). The predicted molar refractivity (Wildman–Crippen MR) is 143 cm³/mol. The maximum atomic E-state index is 13.4. The number of para-hydroxylation sites is 1. The molecule has 0 saturated heterocycles. The number of aliphatic carboxylic acids is 1. The van der Waals surface area contributed by atoms with Crippen molar-refractivity contribution in [1.29, 1.82) is 0 Å². The third kappa shape index (κ3) is 6.38. The first-order chi connectivity index (χ1) is 18.6. The Morgan fingerprint density at radius 3 is 2.44 bits per heavy atom. The van der Waals surface area contributed by atoms with Crippen molar-refractivity contribution < 1.29 is 29.4 Å². The number of fused-ring (bicyclic) bond motifs is 1. The lowest BCUT2D eigenvalue weighted by Gasteiger charge is -2.24. The number of aromatic nitrogens is 1. The van der Waals surface area contributed by atoms with Crippen LogP contribution in [-0.2, 0) is 11.3 Å². The zero-order chi connectivity index (χ0) is 28.1.